The molecule has 0 aromatic carbocycles. The van der Waals surface area contributed by atoms with Crippen molar-refractivity contribution in [3.05, 3.63) is 11.8 Å². The van der Waals surface area contributed by atoms with E-state index in [0.29, 0.717) is 6.54 Å². The van der Waals surface area contributed by atoms with Crippen molar-refractivity contribution in [1.82, 2.24) is 9.97 Å². The summed E-state index contributed by atoms with van der Waals surface area (Å²) in [4.78, 5) is 10.9. The summed E-state index contributed by atoms with van der Waals surface area (Å²) in [6.07, 6.45) is -2.98. The number of hydrogen-bond acceptors (Lipinski definition) is 5. The molecule has 0 spiro atoms. The third kappa shape index (κ3) is 2.95. The van der Waals surface area contributed by atoms with Gasteiger partial charge in [0.25, 0.3) is 0 Å². The normalized spacial score (nSPS) is 19.5. The highest BCUT2D eigenvalue weighted by Gasteiger charge is 2.35. The van der Waals surface area contributed by atoms with Gasteiger partial charge in [0, 0.05) is 26.7 Å². The van der Waals surface area contributed by atoms with Gasteiger partial charge in [0.05, 0.1) is 12.6 Å². The van der Waals surface area contributed by atoms with Gasteiger partial charge in [-0.2, -0.15) is 18.2 Å². The van der Waals surface area contributed by atoms with Crippen LogP contribution in [0.5, 0.6) is 0 Å². The van der Waals surface area contributed by atoms with Gasteiger partial charge in [0.2, 0.25) is 5.95 Å². The first-order valence-corrected chi connectivity index (χ1v) is 6.34. The van der Waals surface area contributed by atoms with Gasteiger partial charge in [0.1, 0.15) is 5.82 Å². The average molecular weight is 290 g/mol. The second-order valence-electron chi connectivity index (χ2n) is 4.98. The minimum Gasteiger partial charge on any atom is -0.394 e. The van der Waals surface area contributed by atoms with Crippen molar-refractivity contribution in [2.75, 3.05) is 37.0 Å². The molecule has 1 aromatic heterocycles. The van der Waals surface area contributed by atoms with Crippen LogP contribution in [0.4, 0.5) is 24.9 Å². The van der Waals surface area contributed by atoms with Gasteiger partial charge in [-0.25, -0.2) is 4.98 Å². The molecule has 2 rings (SSSR count). The maximum atomic E-state index is 12.9. The molecule has 20 heavy (non-hydrogen) atoms. The molecule has 1 atom stereocenters. The van der Waals surface area contributed by atoms with Crippen LogP contribution in [0.15, 0.2) is 6.07 Å². The summed E-state index contributed by atoms with van der Waals surface area (Å²) < 4.78 is 38.7. The number of nitrogens with zero attached hydrogens (tertiary/aromatic N) is 4. The predicted molar refractivity (Wildman–Crippen MR) is 68.8 cm³/mol. The Morgan fingerprint density at radius 1 is 1.40 bits per heavy atom. The zero-order valence-electron chi connectivity index (χ0n) is 11.4. The SMILES string of the molecule is CN(C)c1cc(C(F)(F)F)nc(N2CCCC2CO)n1. The Morgan fingerprint density at radius 3 is 2.65 bits per heavy atom. The highest BCUT2D eigenvalue weighted by atomic mass is 19.4. The molecule has 1 N–H and O–H groups in total. The fraction of sp³-hybridized carbons (Fsp3) is 0.667. The van der Waals surface area contributed by atoms with Crippen LogP contribution in [0.3, 0.4) is 0 Å². The predicted octanol–water partition coefficient (Wildman–Crippen LogP) is 1.52. The van der Waals surface area contributed by atoms with Crippen molar-refractivity contribution in [2.24, 2.45) is 0 Å². The average Bonchev–Trinajstić information content (AvgIpc) is 2.85. The van der Waals surface area contributed by atoms with Gasteiger partial charge < -0.3 is 14.9 Å². The highest BCUT2D eigenvalue weighted by molar-refractivity contribution is 5.46. The largest absolute Gasteiger partial charge is 0.433 e. The molecule has 1 fully saturated rings. The number of anilines is 2. The van der Waals surface area contributed by atoms with Crippen molar-refractivity contribution in [1.29, 1.82) is 0 Å². The van der Waals surface area contributed by atoms with E-state index in [-0.39, 0.29) is 24.4 Å². The molecule has 2 heterocycles. The zero-order valence-corrected chi connectivity index (χ0v) is 11.4. The summed E-state index contributed by atoms with van der Waals surface area (Å²) >= 11 is 0. The van der Waals surface area contributed by atoms with Crippen LogP contribution in [0.1, 0.15) is 18.5 Å². The first kappa shape index (κ1) is 14.8. The fourth-order valence-corrected chi connectivity index (χ4v) is 2.21. The summed E-state index contributed by atoms with van der Waals surface area (Å²) in [5.74, 6) is 0.228. The van der Waals surface area contributed by atoms with E-state index in [1.165, 1.54) is 4.90 Å². The minimum absolute atomic E-state index is 0.0278. The molecular formula is C12H17F3N4O. The lowest BCUT2D eigenvalue weighted by atomic mass is 10.2. The van der Waals surface area contributed by atoms with Crippen LogP contribution in [0, 0.1) is 0 Å². The quantitative estimate of drug-likeness (QED) is 0.915. The Hall–Kier alpha value is -1.57. The number of alkyl halides is 3. The second kappa shape index (κ2) is 5.43. The molecule has 5 nitrogen and oxygen atoms in total. The third-order valence-electron chi connectivity index (χ3n) is 3.29. The van der Waals surface area contributed by atoms with E-state index in [1.807, 2.05) is 0 Å². The summed E-state index contributed by atoms with van der Waals surface area (Å²) in [5.41, 5.74) is -0.963. The molecule has 0 amide bonds. The van der Waals surface area contributed by atoms with E-state index in [2.05, 4.69) is 9.97 Å². The third-order valence-corrected chi connectivity index (χ3v) is 3.29. The van der Waals surface area contributed by atoms with E-state index < -0.39 is 11.9 Å². The molecule has 1 unspecified atom stereocenters. The van der Waals surface area contributed by atoms with Gasteiger partial charge in [-0.1, -0.05) is 0 Å². The first-order chi connectivity index (χ1) is 9.32. The van der Waals surface area contributed by atoms with Crippen molar-refractivity contribution in [2.45, 2.75) is 25.1 Å². The van der Waals surface area contributed by atoms with E-state index in [1.54, 1.807) is 19.0 Å². The number of hydrogen-bond donors (Lipinski definition) is 1. The van der Waals surface area contributed by atoms with Gasteiger partial charge >= 0.3 is 6.18 Å². The standard InChI is InChI=1S/C12H17F3N4O/c1-18(2)10-6-9(12(13,14)15)16-11(17-10)19-5-3-4-8(19)7-20/h6,8,20H,3-5,7H2,1-2H3. The summed E-state index contributed by atoms with van der Waals surface area (Å²) in [6.45, 7) is 0.441. The molecule has 8 heteroatoms. The fourth-order valence-electron chi connectivity index (χ4n) is 2.21. The van der Waals surface area contributed by atoms with Gasteiger partial charge in [-0.3, -0.25) is 0 Å². The molecule has 0 saturated carbocycles. The second-order valence-corrected chi connectivity index (χ2v) is 4.98. The maximum absolute atomic E-state index is 12.9. The van der Waals surface area contributed by atoms with Crippen LogP contribution in [-0.2, 0) is 6.18 Å². The minimum atomic E-state index is -4.52. The molecule has 0 radical (unpaired) electrons. The van der Waals surface area contributed by atoms with Crippen molar-refractivity contribution >= 4 is 11.8 Å². The van der Waals surface area contributed by atoms with Gasteiger partial charge in [-0.05, 0) is 12.8 Å². The van der Waals surface area contributed by atoms with Crippen molar-refractivity contribution in [3.8, 4) is 0 Å². The number of aromatic nitrogens is 2. The molecular weight excluding hydrogens is 273 g/mol. The lowest BCUT2D eigenvalue weighted by Gasteiger charge is -2.25. The first-order valence-electron chi connectivity index (χ1n) is 6.34. The molecule has 1 aromatic rings. The van der Waals surface area contributed by atoms with E-state index in [9.17, 15) is 18.3 Å². The van der Waals surface area contributed by atoms with Crippen LogP contribution in [0.25, 0.3) is 0 Å². The Morgan fingerprint density at radius 2 is 2.10 bits per heavy atom. The Bertz CT molecular complexity index is 478. The van der Waals surface area contributed by atoms with E-state index in [0.717, 1.165) is 18.9 Å². The zero-order chi connectivity index (χ0) is 14.9. The molecule has 1 aliphatic rings. The van der Waals surface area contributed by atoms with Crippen LogP contribution in [0.2, 0.25) is 0 Å². The van der Waals surface area contributed by atoms with E-state index >= 15 is 0 Å². The van der Waals surface area contributed by atoms with Gasteiger partial charge in [-0.15, -0.1) is 0 Å². The number of aliphatic hydroxyl groups is 1. The summed E-state index contributed by atoms with van der Waals surface area (Å²) in [5, 5.41) is 9.28. The molecule has 0 bridgehead atoms. The Labute approximate surface area is 115 Å². The van der Waals surface area contributed by atoms with E-state index in [4.69, 9.17) is 0 Å². The molecule has 0 aliphatic carbocycles. The lowest BCUT2D eigenvalue weighted by molar-refractivity contribution is -0.141. The Kier molecular flexibility index (Phi) is 4.03. The molecule has 112 valence electrons. The summed E-state index contributed by atoms with van der Waals surface area (Å²) in [7, 11) is 3.25. The van der Waals surface area contributed by atoms with Crippen molar-refractivity contribution in [3.63, 3.8) is 0 Å². The number of aliphatic hydroxyl groups excluding tert-OH is 1. The Balaban J connectivity index is 2.44. The van der Waals surface area contributed by atoms with Crippen LogP contribution in [-0.4, -0.2) is 48.4 Å². The van der Waals surface area contributed by atoms with Crippen LogP contribution < -0.4 is 9.80 Å². The molecule has 1 aliphatic heterocycles. The highest BCUT2D eigenvalue weighted by Crippen LogP contribution is 2.32. The molecule has 1 saturated heterocycles. The number of halogens is 3. The summed E-state index contributed by atoms with van der Waals surface area (Å²) in [6, 6.07) is 0.710. The van der Waals surface area contributed by atoms with Crippen LogP contribution >= 0.6 is 0 Å². The van der Waals surface area contributed by atoms with Gasteiger partial charge in [0.15, 0.2) is 5.69 Å². The topological polar surface area (TPSA) is 52.5 Å². The smallest absolute Gasteiger partial charge is 0.394 e. The monoisotopic (exact) mass is 290 g/mol. The maximum Gasteiger partial charge on any atom is 0.433 e. The van der Waals surface area contributed by atoms with Crippen molar-refractivity contribution < 1.29 is 18.3 Å². The lowest BCUT2D eigenvalue weighted by Crippen LogP contribution is -2.34. The number of rotatable bonds is 3.